The summed E-state index contributed by atoms with van der Waals surface area (Å²) in [6.07, 6.45) is 4.95. The lowest BCUT2D eigenvalue weighted by Crippen LogP contribution is -2.36. The Balaban J connectivity index is 1.62. The first kappa shape index (κ1) is 26.3. The molecule has 3 aromatic rings. The minimum atomic E-state index is -0.601. The second-order valence-electron chi connectivity index (χ2n) is 10.3. The van der Waals surface area contributed by atoms with Gasteiger partial charge in [0.1, 0.15) is 5.58 Å². The highest BCUT2D eigenvalue weighted by atomic mass is 16.5. The van der Waals surface area contributed by atoms with Crippen LogP contribution in [0.1, 0.15) is 84.8 Å². The molecule has 1 fully saturated rings. The molecule has 2 unspecified atom stereocenters. The third kappa shape index (κ3) is 4.92. The molecule has 1 aromatic heterocycles. The zero-order valence-electron chi connectivity index (χ0n) is 22.8. The van der Waals surface area contributed by atoms with Gasteiger partial charge in [0, 0.05) is 13.2 Å². The van der Waals surface area contributed by atoms with Crippen LogP contribution in [-0.2, 0) is 4.74 Å². The normalized spacial score (nSPS) is 18.8. The number of aryl methyl sites for hydroxylation is 2. The molecule has 7 nitrogen and oxygen atoms in total. The number of unbranched alkanes of at least 4 members (excludes halogenated alkanes) is 2. The minimum Gasteiger partial charge on any atom is -0.490 e. The first-order valence-electron chi connectivity index (χ1n) is 13.8. The average Bonchev–Trinajstić information content (AvgIpc) is 3.49. The number of amides is 1. The molecule has 0 N–H and O–H groups in total. The zero-order chi connectivity index (χ0) is 26.8. The van der Waals surface area contributed by atoms with E-state index in [2.05, 4.69) is 6.92 Å². The van der Waals surface area contributed by atoms with Crippen molar-refractivity contribution in [3.8, 4) is 11.5 Å². The van der Waals surface area contributed by atoms with Crippen LogP contribution < -0.4 is 14.9 Å². The topological polar surface area (TPSA) is 78.2 Å². The Labute approximate surface area is 223 Å². The molecular formula is C31H37NO6. The standard InChI is InChI=1S/C31H37NO6/c1-5-7-8-13-37-23-12-11-21(17-24(23)35-6-2)28-27-29(33)26-20(4)15-19(3)16-25(26)38-30(27)31(34)32(28)18-22-10-9-14-36-22/h11-12,15-17,22,28H,5-10,13-14,18H2,1-4H3. The molecule has 0 saturated carbocycles. The summed E-state index contributed by atoms with van der Waals surface area (Å²) >= 11 is 0. The molecule has 3 heterocycles. The van der Waals surface area contributed by atoms with Crippen LogP contribution in [-0.4, -0.2) is 43.3 Å². The molecular weight excluding hydrogens is 482 g/mol. The molecule has 2 atom stereocenters. The fourth-order valence-electron chi connectivity index (χ4n) is 5.67. The molecule has 2 aliphatic heterocycles. The van der Waals surface area contributed by atoms with Crippen LogP contribution in [0, 0.1) is 13.8 Å². The number of hydrogen-bond donors (Lipinski definition) is 0. The van der Waals surface area contributed by atoms with Gasteiger partial charge in [-0.3, -0.25) is 9.59 Å². The van der Waals surface area contributed by atoms with Gasteiger partial charge >= 0.3 is 0 Å². The van der Waals surface area contributed by atoms with Crippen molar-refractivity contribution in [2.24, 2.45) is 0 Å². The molecule has 1 saturated heterocycles. The van der Waals surface area contributed by atoms with Crippen LogP contribution in [0.2, 0.25) is 0 Å². The van der Waals surface area contributed by atoms with E-state index in [9.17, 15) is 9.59 Å². The highest BCUT2D eigenvalue weighted by Gasteiger charge is 2.44. The molecule has 2 aromatic carbocycles. The molecule has 0 aliphatic carbocycles. The molecule has 0 spiro atoms. The fourth-order valence-corrected chi connectivity index (χ4v) is 5.67. The van der Waals surface area contributed by atoms with Crippen LogP contribution in [0.25, 0.3) is 11.0 Å². The summed E-state index contributed by atoms with van der Waals surface area (Å²) in [5, 5.41) is 0.520. The Bertz CT molecular complexity index is 1390. The summed E-state index contributed by atoms with van der Waals surface area (Å²) in [5.41, 5.74) is 3.27. The Kier molecular flexibility index (Phi) is 7.75. The number of carbonyl (C=O) groups excluding carboxylic acids is 1. The van der Waals surface area contributed by atoms with Gasteiger partial charge in [-0.15, -0.1) is 0 Å². The van der Waals surface area contributed by atoms with Crippen LogP contribution in [0.4, 0.5) is 0 Å². The summed E-state index contributed by atoms with van der Waals surface area (Å²) in [7, 11) is 0. The first-order chi connectivity index (χ1) is 18.4. The Morgan fingerprint density at radius 2 is 1.87 bits per heavy atom. The van der Waals surface area contributed by atoms with Crippen LogP contribution in [0.3, 0.4) is 0 Å². The van der Waals surface area contributed by atoms with E-state index in [1.54, 1.807) is 4.90 Å². The molecule has 7 heteroatoms. The van der Waals surface area contributed by atoms with Crippen molar-refractivity contribution in [3.63, 3.8) is 0 Å². The summed E-state index contributed by atoms with van der Waals surface area (Å²) in [6, 6.07) is 8.91. The number of benzene rings is 2. The highest BCUT2D eigenvalue weighted by Crippen LogP contribution is 2.42. The molecule has 1 amide bonds. The van der Waals surface area contributed by atoms with Gasteiger partial charge < -0.3 is 23.5 Å². The van der Waals surface area contributed by atoms with Gasteiger partial charge in [-0.05, 0) is 74.9 Å². The number of rotatable bonds is 10. The monoisotopic (exact) mass is 519 g/mol. The molecule has 0 radical (unpaired) electrons. The van der Waals surface area contributed by atoms with Crippen LogP contribution in [0.5, 0.6) is 11.5 Å². The maximum Gasteiger partial charge on any atom is 0.291 e. The Morgan fingerprint density at radius 3 is 2.61 bits per heavy atom. The molecule has 0 bridgehead atoms. The third-order valence-electron chi connectivity index (χ3n) is 7.43. The van der Waals surface area contributed by atoms with Gasteiger partial charge in [0.2, 0.25) is 5.76 Å². The van der Waals surface area contributed by atoms with Crippen molar-refractivity contribution in [3.05, 3.63) is 68.6 Å². The van der Waals surface area contributed by atoms with Gasteiger partial charge in [-0.1, -0.05) is 31.9 Å². The van der Waals surface area contributed by atoms with Crippen molar-refractivity contribution in [2.45, 2.75) is 71.9 Å². The molecule has 202 valence electrons. The summed E-state index contributed by atoms with van der Waals surface area (Å²) in [5.74, 6) is 1.11. The number of nitrogens with zero attached hydrogens (tertiary/aromatic N) is 1. The number of fused-ring (bicyclic) bond motifs is 2. The van der Waals surface area contributed by atoms with E-state index >= 15 is 0 Å². The van der Waals surface area contributed by atoms with E-state index in [1.165, 1.54) is 0 Å². The van der Waals surface area contributed by atoms with Gasteiger partial charge in [-0.25, -0.2) is 0 Å². The summed E-state index contributed by atoms with van der Waals surface area (Å²) < 4.78 is 24.1. The number of ether oxygens (including phenoxy) is 3. The lowest BCUT2D eigenvalue weighted by molar-refractivity contribution is 0.0486. The van der Waals surface area contributed by atoms with Crippen molar-refractivity contribution in [1.82, 2.24) is 4.90 Å². The van der Waals surface area contributed by atoms with Gasteiger partial charge in [0.25, 0.3) is 5.91 Å². The van der Waals surface area contributed by atoms with Crippen LogP contribution in [0.15, 0.2) is 39.5 Å². The molecule has 38 heavy (non-hydrogen) atoms. The third-order valence-corrected chi connectivity index (χ3v) is 7.43. The number of carbonyl (C=O) groups is 1. The highest BCUT2D eigenvalue weighted by molar-refractivity contribution is 5.99. The van der Waals surface area contributed by atoms with Crippen LogP contribution >= 0.6 is 0 Å². The second-order valence-corrected chi connectivity index (χ2v) is 10.3. The van der Waals surface area contributed by atoms with E-state index in [0.29, 0.717) is 54.4 Å². The predicted molar refractivity (Wildman–Crippen MR) is 146 cm³/mol. The summed E-state index contributed by atoms with van der Waals surface area (Å²) in [4.78, 5) is 29.6. The second kappa shape index (κ2) is 11.2. The van der Waals surface area contributed by atoms with E-state index < -0.39 is 6.04 Å². The van der Waals surface area contributed by atoms with Gasteiger partial charge in [0.15, 0.2) is 16.9 Å². The largest absolute Gasteiger partial charge is 0.490 e. The van der Waals surface area contributed by atoms with E-state index in [0.717, 1.165) is 48.8 Å². The quantitative estimate of drug-likeness (QED) is 0.301. The average molecular weight is 520 g/mol. The van der Waals surface area contributed by atoms with Gasteiger partial charge in [0.05, 0.1) is 36.3 Å². The Morgan fingerprint density at radius 1 is 1.03 bits per heavy atom. The van der Waals surface area contributed by atoms with Crippen molar-refractivity contribution in [1.29, 1.82) is 0 Å². The lowest BCUT2D eigenvalue weighted by Gasteiger charge is -2.28. The van der Waals surface area contributed by atoms with Crippen molar-refractivity contribution >= 4 is 16.9 Å². The summed E-state index contributed by atoms with van der Waals surface area (Å²) in [6.45, 7) is 10.1. The lowest BCUT2D eigenvalue weighted by atomic mass is 9.96. The minimum absolute atomic E-state index is 0.0724. The van der Waals surface area contributed by atoms with Crippen molar-refractivity contribution < 1.29 is 23.4 Å². The Hall–Kier alpha value is -3.32. The maximum absolute atomic E-state index is 14.0. The molecule has 2 aliphatic rings. The SMILES string of the molecule is CCCCCOc1ccc(C2c3c(oc4cc(C)cc(C)c4c3=O)C(=O)N2CC2CCCO2)cc1OCC. The van der Waals surface area contributed by atoms with E-state index in [4.69, 9.17) is 18.6 Å². The van der Waals surface area contributed by atoms with Crippen molar-refractivity contribution in [2.75, 3.05) is 26.4 Å². The maximum atomic E-state index is 14.0. The zero-order valence-corrected chi connectivity index (χ0v) is 22.8. The first-order valence-corrected chi connectivity index (χ1v) is 13.8. The van der Waals surface area contributed by atoms with E-state index in [-0.39, 0.29) is 23.2 Å². The number of hydrogen-bond acceptors (Lipinski definition) is 6. The molecule has 5 rings (SSSR count). The fraction of sp³-hybridized carbons (Fsp3) is 0.484. The van der Waals surface area contributed by atoms with Gasteiger partial charge in [-0.2, -0.15) is 0 Å². The van der Waals surface area contributed by atoms with E-state index in [1.807, 2.05) is 51.1 Å². The predicted octanol–water partition coefficient (Wildman–Crippen LogP) is 6.10. The smallest absolute Gasteiger partial charge is 0.291 e.